The number of hydrogen-bond acceptors (Lipinski definition) is 3. The molecule has 4 heteroatoms. The molecule has 0 unspecified atom stereocenters. The van der Waals surface area contributed by atoms with Crippen molar-refractivity contribution in [3.05, 3.63) is 64.6 Å². The van der Waals surface area contributed by atoms with Crippen LogP contribution >= 0.6 is 11.6 Å². The van der Waals surface area contributed by atoms with Crippen molar-refractivity contribution in [2.75, 3.05) is 0 Å². The van der Waals surface area contributed by atoms with Gasteiger partial charge in [0.1, 0.15) is 5.58 Å². The Morgan fingerprint density at radius 3 is 2.84 bits per heavy atom. The van der Waals surface area contributed by atoms with Gasteiger partial charge in [0.2, 0.25) is 0 Å². The molecule has 3 rings (SSSR count). The molecule has 0 spiro atoms. The number of pyridine rings is 1. The monoisotopic (exact) mass is 271 g/mol. The predicted octanol–water partition coefficient (Wildman–Crippen LogP) is 3.59. The Bertz CT molecular complexity index is 781. The summed E-state index contributed by atoms with van der Waals surface area (Å²) < 4.78 is 5.40. The van der Waals surface area contributed by atoms with Gasteiger partial charge in [-0.1, -0.05) is 6.07 Å². The van der Waals surface area contributed by atoms with E-state index in [1.807, 2.05) is 24.3 Å². The summed E-state index contributed by atoms with van der Waals surface area (Å²) in [7, 11) is 0. The number of hydrogen-bond donors (Lipinski definition) is 0. The van der Waals surface area contributed by atoms with Crippen LogP contribution in [0.5, 0.6) is 0 Å². The number of nitrogens with zero attached hydrogens (tertiary/aromatic N) is 1. The van der Waals surface area contributed by atoms with E-state index in [9.17, 15) is 4.79 Å². The maximum atomic E-state index is 12.2. The molecular formula is C15H10ClNO2. The number of fused-ring (bicyclic) bond motifs is 1. The van der Waals surface area contributed by atoms with Crippen molar-refractivity contribution in [1.82, 2.24) is 4.98 Å². The molecule has 3 aromatic rings. The van der Waals surface area contributed by atoms with Crippen LogP contribution in [-0.4, -0.2) is 4.98 Å². The average Bonchev–Trinajstić information content (AvgIpc) is 2.48. The van der Waals surface area contributed by atoms with Gasteiger partial charge in [0, 0.05) is 11.8 Å². The highest BCUT2D eigenvalue weighted by Crippen LogP contribution is 2.21. The lowest BCUT2D eigenvalue weighted by atomic mass is 10.1. The summed E-state index contributed by atoms with van der Waals surface area (Å²) in [6.07, 6.45) is 3.13. The fraction of sp³-hybridized carbons (Fsp3) is 0.0667. The normalized spacial score (nSPS) is 10.8. The maximum Gasteiger partial charge on any atom is 0.197 e. The van der Waals surface area contributed by atoms with Gasteiger partial charge < -0.3 is 4.42 Å². The van der Waals surface area contributed by atoms with E-state index in [0.29, 0.717) is 16.5 Å². The lowest BCUT2D eigenvalue weighted by molar-refractivity contribution is 0.596. The summed E-state index contributed by atoms with van der Waals surface area (Å²) >= 11 is 5.72. The second kappa shape index (κ2) is 4.86. The van der Waals surface area contributed by atoms with E-state index in [1.165, 1.54) is 6.26 Å². The van der Waals surface area contributed by atoms with Crippen molar-refractivity contribution in [2.45, 2.75) is 5.88 Å². The Hall–Kier alpha value is -2.13. The molecule has 3 nitrogen and oxygen atoms in total. The van der Waals surface area contributed by atoms with Gasteiger partial charge in [0.05, 0.1) is 28.8 Å². The van der Waals surface area contributed by atoms with E-state index in [4.69, 9.17) is 16.0 Å². The van der Waals surface area contributed by atoms with Crippen molar-refractivity contribution in [2.24, 2.45) is 0 Å². The third-order valence-corrected chi connectivity index (χ3v) is 3.24. The lowest BCUT2D eigenvalue weighted by Crippen LogP contribution is -2.06. The minimum Gasteiger partial charge on any atom is -0.464 e. The molecule has 0 atom stereocenters. The van der Waals surface area contributed by atoms with Crippen molar-refractivity contribution in [1.29, 1.82) is 0 Å². The zero-order valence-corrected chi connectivity index (χ0v) is 10.7. The highest BCUT2D eigenvalue weighted by atomic mass is 35.5. The first-order valence-electron chi connectivity index (χ1n) is 5.81. The molecule has 0 saturated carbocycles. The number of benzene rings is 1. The van der Waals surface area contributed by atoms with Crippen LogP contribution in [0.1, 0.15) is 5.56 Å². The molecule has 0 saturated heterocycles. The first-order chi connectivity index (χ1) is 9.29. The van der Waals surface area contributed by atoms with Crippen molar-refractivity contribution in [3.8, 4) is 11.3 Å². The summed E-state index contributed by atoms with van der Waals surface area (Å²) in [5.41, 5.74) is 2.63. The number of aromatic nitrogens is 1. The van der Waals surface area contributed by atoms with Crippen molar-refractivity contribution >= 4 is 22.6 Å². The third-order valence-electron chi connectivity index (χ3n) is 2.95. The molecule has 0 aliphatic rings. The molecule has 0 fully saturated rings. The molecule has 2 aromatic heterocycles. The van der Waals surface area contributed by atoms with Crippen molar-refractivity contribution in [3.63, 3.8) is 0 Å². The van der Waals surface area contributed by atoms with Gasteiger partial charge in [0.25, 0.3) is 0 Å². The molecule has 19 heavy (non-hydrogen) atoms. The fourth-order valence-corrected chi connectivity index (χ4v) is 2.14. The van der Waals surface area contributed by atoms with Crippen LogP contribution < -0.4 is 5.43 Å². The van der Waals surface area contributed by atoms with E-state index in [1.54, 1.807) is 18.3 Å². The van der Waals surface area contributed by atoms with Gasteiger partial charge in [-0.05, 0) is 30.3 Å². The minimum atomic E-state index is -0.0889. The molecule has 0 amide bonds. The van der Waals surface area contributed by atoms with Crippen LogP contribution in [0.25, 0.3) is 22.2 Å². The first kappa shape index (κ1) is 11.9. The van der Waals surface area contributed by atoms with E-state index >= 15 is 0 Å². The van der Waals surface area contributed by atoms with E-state index in [2.05, 4.69) is 4.98 Å². The summed E-state index contributed by atoms with van der Waals surface area (Å²) in [6, 6.07) is 11.1. The summed E-state index contributed by atoms with van der Waals surface area (Å²) in [6.45, 7) is 0. The van der Waals surface area contributed by atoms with Gasteiger partial charge in [0.15, 0.2) is 5.43 Å². The average molecular weight is 272 g/mol. The Labute approximate surface area is 114 Å². The quantitative estimate of drug-likeness (QED) is 0.669. The first-order valence-corrected chi connectivity index (χ1v) is 6.35. The summed E-state index contributed by atoms with van der Waals surface area (Å²) in [4.78, 5) is 16.4. The topological polar surface area (TPSA) is 43.1 Å². The molecule has 0 aliphatic heterocycles. The van der Waals surface area contributed by atoms with E-state index in [-0.39, 0.29) is 11.3 Å². The minimum absolute atomic E-state index is 0.0889. The molecule has 0 N–H and O–H groups in total. The second-order valence-corrected chi connectivity index (χ2v) is 4.42. The van der Waals surface area contributed by atoms with Gasteiger partial charge in [-0.15, -0.1) is 11.6 Å². The Morgan fingerprint density at radius 1 is 1.21 bits per heavy atom. The lowest BCUT2D eigenvalue weighted by Gasteiger charge is -2.03. The number of rotatable bonds is 2. The SMILES string of the molecule is O=c1c(CCl)coc2ccc(-c3ccccn3)cc12. The Kier molecular flexibility index (Phi) is 3.05. The number of alkyl halides is 1. The molecule has 0 radical (unpaired) electrons. The number of halogens is 1. The highest BCUT2D eigenvalue weighted by molar-refractivity contribution is 6.17. The fourth-order valence-electron chi connectivity index (χ4n) is 1.96. The van der Waals surface area contributed by atoms with Crippen LogP contribution in [0, 0.1) is 0 Å². The smallest absolute Gasteiger partial charge is 0.197 e. The Morgan fingerprint density at radius 2 is 2.11 bits per heavy atom. The third kappa shape index (κ3) is 2.13. The summed E-state index contributed by atoms with van der Waals surface area (Å²) in [5.74, 6) is 0.145. The van der Waals surface area contributed by atoms with Crippen LogP contribution in [0.3, 0.4) is 0 Å². The standard InChI is InChI=1S/C15H10ClNO2/c16-8-11-9-19-14-5-4-10(7-12(14)15(11)18)13-3-1-2-6-17-13/h1-7,9H,8H2. The van der Waals surface area contributed by atoms with Gasteiger partial charge in [-0.3, -0.25) is 9.78 Å². The highest BCUT2D eigenvalue weighted by Gasteiger charge is 2.08. The predicted molar refractivity (Wildman–Crippen MR) is 75.3 cm³/mol. The van der Waals surface area contributed by atoms with Crippen LogP contribution in [0.15, 0.2) is 58.1 Å². The van der Waals surface area contributed by atoms with E-state index < -0.39 is 0 Å². The van der Waals surface area contributed by atoms with Crippen LogP contribution in [0.2, 0.25) is 0 Å². The van der Waals surface area contributed by atoms with Gasteiger partial charge in [-0.25, -0.2) is 0 Å². The van der Waals surface area contributed by atoms with Crippen LogP contribution in [-0.2, 0) is 5.88 Å². The molecule has 1 aromatic carbocycles. The largest absolute Gasteiger partial charge is 0.464 e. The van der Waals surface area contributed by atoms with Gasteiger partial charge >= 0.3 is 0 Å². The van der Waals surface area contributed by atoms with Crippen LogP contribution in [0.4, 0.5) is 0 Å². The zero-order chi connectivity index (χ0) is 13.2. The maximum absolute atomic E-state index is 12.2. The van der Waals surface area contributed by atoms with Crippen molar-refractivity contribution < 1.29 is 4.42 Å². The van der Waals surface area contributed by atoms with E-state index in [0.717, 1.165) is 11.3 Å². The molecule has 0 aliphatic carbocycles. The molecule has 94 valence electrons. The Balaban J connectivity index is 2.25. The molecular weight excluding hydrogens is 262 g/mol. The zero-order valence-electron chi connectivity index (χ0n) is 9.97. The summed E-state index contributed by atoms with van der Waals surface area (Å²) in [5, 5.41) is 0.529. The molecule has 0 bridgehead atoms. The van der Waals surface area contributed by atoms with Gasteiger partial charge in [-0.2, -0.15) is 0 Å². The second-order valence-electron chi connectivity index (χ2n) is 4.15. The molecule has 2 heterocycles.